The SMILES string of the molecule is COc1ccccc1C(=O)N1CCCC(c2cc(-c3ccc(F)cc3)cc(C)n2)C1. The van der Waals surface area contributed by atoms with Crippen LogP contribution in [0.1, 0.15) is 40.5 Å². The van der Waals surface area contributed by atoms with Crippen molar-refractivity contribution in [3.8, 4) is 16.9 Å². The van der Waals surface area contributed by atoms with Gasteiger partial charge in [0.25, 0.3) is 5.91 Å². The first kappa shape index (κ1) is 20.1. The summed E-state index contributed by atoms with van der Waals surface area (Å²) in [6, 6.07) is 17.9. The van der Waals surface area contributed by atoms with Gasteiger partial charge in [-0.15, -0.1) is 0 Å². The fraction of sp³-hybridized carbons (Fsp3) is 0.280. The lowest BCUT2D eigenvalue weighted by Crippen LogP contribution is -2.39. The fourth-order valence-corrected chi connectivity index (χ4v) is 4.11. The van der Waals surface area contributed by atoms with Crippen molar-refractivity contribution in [1.82, 2.24) is 9.88 Å². The number of rotatable bonds is 4. The predicted molar refractivity (Wildman–Crippen MR) is 115 cm³/mol. The van der Waals surface area contributed by atoms with Gasteiger partial charge in [0.2, 0.25) is 0 Å². The molecule has 2 aromatic carbocycles. The molecule has 1 aliphatic heterocycles. The number of para-hydroxylation sites is 1. The van der Waals surface area contributed by atoms with E-state index in [2.05, 4.69) is 6.07 Å². The third-order valence-electron chi connectivity index (χ3n) is 5.62. The predicted octanol–water partition coefficient (Wildman–Crippen LogP) is 5.22. The third-order valence-corrected chi connectivity index (χ3v) is 5.62. The standard InChI is InChI=1S/C25H25FN2O2/c1-17-14-20(18-9-11-21(26)12-10-18)15-23(27-17)19-6-5-13-28(16-19)25(29)22-7-3-4-8-24(22)30-2/h3-4,7-12,14-15,19H,5-6,13,16H2,1-2H3. The van der Waals surface area contributed by atoms with Crippen molar-refractivity contribution in [1.29, 1.82) is 0 Å². The summed E-state index contributed by atoms with van der Waals surface area (Å²) in [6.07, 6.45) is 1.90. The molecular formula is C25H25FN2O2. The van der Waals surface area contributed by atoms with Crippen molar-refractivity contribution in [3.63, 3.8) is 0 Å². The van der Waals surface area contributed by atoms with E-state index in [-0.39, 0.29) is 17.6 Å². The highest BCUT2D eigenvalue weighted by Crippen LogP contribution is 2.31. The van der Waals surface area contributed by atoms with E-state index in [0.717, 1.165) is 41.9 Å². The summed E-state index contributed by atoms with van der Waals surface area (Å²) >= 11 is 0. The Bertz CT molecular complexity index is 1050. The lowest BCUT2D eigenvalue weighted by atomic mass is 9.91. The van der Waals surface area contributed by atoms with Crippen LogP contribution in [-0.2, 0) is 0 Å². The molecule has 3 aromatic rings. The van der Waals surface area contributed by atoms with Gasteiger partial charge in [-0.2, -0.15) is 0 Å². The minimum absolute atomic E-state index is 0.0106. The number of methoxy groups -OCH3 is 1. The average molecular weight is 404 g/mol. The Morgan fingerprint density at radius 2 is 1.87 bits per heavy atom. The maximum atomic E-state index is 13.3. The molecule has 0 saturated carbocycles. The smallest absolute Gasteiger partial charge is 0.257 e. The number of ether oxygens (including phenoxy) is 1. The molecule has 4 nitrogen and oxygen atoms in total. The van der Waals surface area contributed by atoms with Crippen LogP contribution in [0.25, 0.3) is 11.1 Å². The summed E-state index contributed by atoms with van der Waals surface area (Å²) in [5.41, 5.74) is 4.46. The van der Waals surface area contributed by atoms with E-state index in [9.17, 15) is 9.18 Å². The number of aryl methyl sites for hydroxylation is 1. The van der Waals surface area contributed by atoms with Crippen LogP contribution < -0.4 is 4.74 Å². The largest absolute Gasteiger partial charge is 0.496 e. The van der Waals surface area contributed by atoms with Gasteiger partial charge < -0.3 is 9.64 Å². The van der Waals surface area contributed by atoms with Crippen LogP contribution in [0.5, 0.6) is 5.75 Å². The van der Waals surface area contributed by atoms with Gasteiger partial charge in [0.05, 0.1) is 12.7 Å². The maximum Gasteiger partial charge on any atom is 0.257 e. The molecule has 1 aromatic heterocycles. The van der Waals surface area contributed by atoms with Crippen molar-refractivity contribution < 1.29 is 13.9 Å². The number of aromatic nitrogens is 1. The second kappa shape index (κ2) is 8.66. The number of pyridine rings is 1. The van der Waals surface area contributed by atoms with Crippen LogP contribution in [0.15, 0.2) is 60.7 Å². The number of carbonyl (C=O) groups is 1. The summed E-state index contributed by atoms with van der Waals surface area (Å²) in [5.74, 6) is 0.500. The number of halogens is 1. The molecule has 5 heteroatoms. The lowest BCUT2D eigenvalue weighted by molar-refractivity contribution is 0.0702. The zero-order valence-corrected chi connectivity index (χ0v) is 17.3. The molecule has 1 fully saturated rings. The van der Waals surface area contributed by atoms with E-state index in [1.165, 1.54) is 12.1 Å². The third kappa shape index (κ3) is 4.20. The van der Waals surface area contributed by atoms with Gasteiger partial charge in [0.1, 0.15) is 11.6 Å². The van der Waals surface area contributed by atoms with Gasteiger partial charge in [-0.3, -0.25) is 9.78 Å². The molecule has 1 saturated heterocycles. The van der Waals surface area contributed by atoms with Gasteiger partial charge in [-0.05, 0) is 67.3 Å². The highest BCUT2D eigenvalue weighted by Gasteiger charge is 2.28. The molecule has 0 bridgehead atoms. The van der Waals surface area contributed by atoms with Gasteiger partial charge in [-0.1, -0.05) is 24.3 Å². The van der Waals surface area contributed by atoms with Crippen molar-refractivity contribution in [2.45, 2.75) is 25.7 Å². The van der Waals surface area contributed by atoms with Crippen LogP contribution in [0.4, 0.5) is 4.39 Å². The van der Waals surface area contributed by atoms with Crippen molar-refractivity contribution >= 4 is 5.91 Å². The minimum Gasteiger partial charge on any atom is -0.496 e. The number of piperidine rings is 1. The Balaban J connectivity index is 1.59. The van der Waals surface area contributed by atoms with Crippen LogP contribution in [0, 0.1) is 12.7 Å². The van der Waals surface area contributed by atoms with E-state index >= 15 is 0 Å². The molecule has 1 atom stereocenters. The second-order valence-corrected chi connectivity index (χ2v) is 7.72. The molecule has 0 N–H and O–H groups in total. The highest BCUT2D eigenvalue weighted by molar-refractivity contribution is 5.97. The molecule has 0 radical (unpaired) electrons. The summed E-state index contributed by atoms with van der Waals surface area (Å²) in [5, 5.41) is 0. The number of likely N-dealkylation sites (tertiary alicyclic amines) is 1. The van der Waals surface area contributed by atoms with Crippen molar-refractivity contribution in [2.24, 2.45) is 0 Å². The topological polar surface area (TPSA) is 42.4 Å². The second-order valence-electron chi connectivity index (χ2n) is 7.72. The van der Waals surface area contributed by atoms with Crippen LogP contribution in [-0.4, -0.2) is 36.0 Å². The first-order valence-corrected chi connectivity index (χ1v) is 10.2. The van der Waals surface area contributed by atoms with Gasteiger partial charge in [0.15, 0.2) is 0 Å². The fourth-order valence-electron chi connectivity index (χ4n) is 4.11. The number of benzene rings is 2. The van der Waals surface area contributed by atoms with Crippen molar-refractivity contribution in [2.75, 3.05) is 20.2 Å². The molecule has 0 spiro atoms. The van der Waals surface area contributed by atoms with Crippen molar-refractivity contribution in [3.05, 3.63) is 83.4 Å². The summed E-state index contributed by atoms with van der Waals surface area (Å²) in [4.78, 5) is 19.8. The zero-order valence-electron chi connectivity index (χ0n) is 17.3. The van der Waals surface area contributed by atoms with Gasteiger partial charge in [0, 0.05) is 30.4 Å². The molecule has 2 heterocycles. The molecule has 0 aliphatic carbocycles. The molecule has 1 amide bonds. The number of amides is 1. The Morgan fingerprint density at radius 3 is 2.63 bits per heavy atom. The van der Waals surface area contributed by atoms with E-state index in [0.29, 0.717) is 17.9 Å². The van der Waals surface area contributed by atoms with Gasteiger partial charge >= 0.3 is 0 Å². The monoisotopic (exact) mass is 404 g/mol. The van der Waals surface area contributed by atoms with Gasteiger partial charge in [-0.25, -0.2) is 4.39 Å². The average Bonchev–Trinajstić information content (AvgIpc) is 2.78. The lowest BCUT2D eigenvalue weighted by Gasteiger charge is -2.33. The highest BCUT2D eigenvalue weighted by atomic mass is 19.1. The summed E-state index contributed by atoms with van der Waals surface area (Å²) in [6.45, 7) is 3.32. The maximum absolute atomic E-state index is 13.3. The molecule has 1 aliphatic rings. The van der Waals surface area contributed by atoms with Crippen LogP contribution in [0.2, 0.25) is 0 Å². The molecule has 30 heavy (non-hydrogen) atoms. The Labute approximate surface area is 176 Å². The normalized spacial score (nSPS) is 16.4. The first-order valence-electron chi connectivity index (χ1n) is 10.2. The van der Waals surface area contributed by atoms with E-state index < -0.39 is 0 Å². The Morgan fingerprint density at radius 1 is 1.10 bits per heavy atom. The van der Waals surface area contributed by atoms with Crippen LogP contribution >= 0.6 is 0 Å². The van der Waals surface area contributed by atoms with E-state index in [1.807, 2.05) is 42.2 Å². The first-order chi connectivity index (χ1) is 14.5. The molecular weight excluding hydrogens is 379 g/mol. The number of hydrogen-bond donors (Lipinski definition) is 0. The van der Waals surface area contributed by atoms with Crippen LogP contribution in [0.3, 0.4) is 0 Å². The molecule has 1 unspecified atom stereocenters. The molecule has 4 rings (SSSR count). The van der Waals surface area contributed by atoms with E-state index in [4.69, 9.17) is 9.72 Å². The zero-order chi connectivity index (χ0) is 21.1. The minimum atomic E-state index is -0.248. The number of nitrogens with zero attached hydrogens (tertiary/aromatic N) is 2. The molecule has 154 valence electrons. The quantitative estimate of drug-likeness (QED) is 0.598. The number of hydrogen-bond acceptors (Lipinski definition) is 3. The Hall–Kier alpha value is -3.21. The summed E-state index contributed by atoms with van der Waals surface area (Å²) in [7, 11) is 1.58. The number of carbonyl (C=O) groups excluding carboxylic acids is 1. The van der Waals surface area contributed by atoms with E-state index in [1.54, 1.807) is 19.2 Å². The Kier molecular flexibility index (Phi) is 5.79. The summed E-state index contributed by atoms with van der Waals surface area (Å²) < 4.78 is 18.7.